The Kier molecular flexibility index (Phi) is 5.14. The Labute approximate surface area is 122 Å². The van der Waals surface area contributed by atoms with E-state index in [9.17, 15) is 14.0 Å². The number of aromatic carboxylic acids is 1. The van der Waals surface area contributed by atoms with Crippen LogP contribution < -0.4 is 4.74 Å². The number of rotatable bonds is 4. The molecule has 21 heavy (non-hydrogen) atoms. The van der Waals surface area contributed by atoms with Crippen LogP contribution in [0.4, 0.5) is 4.39 Å². The summed E-state index contributed by atoms with van der Waals surface area (Å²) >= 11 is 0. The van der Waals surface area contributed by atoms with Gasteiger partial charge in [-0.1, -0.05) is 12.8 Å². The predicted octanol–water partition coefficient (Wildman–Crippen LogP) is 2.31. The Hall–Kier alpha value is -2.11. The lowest BCUT2D eigenvalue weighted by Crippen LogP contribution is -2.35. The number of carboxylic acids is 1. The van der Waals surface area contributed by atoms with Crippen LogP contribution in [0.15, 0.2) is 18.2 Å². The number of carbonyl (C=O) groups is 2. The number of amides is 1. The largest absolute Gasteiger partial charge is 0.483 e. The zero-order chi connectivity index (χ0) is 15.2. The lowest BCUT2D eigenvalue weighted by Gasteiger charge is -2.20. The zero-order valence-corrected chi connectivity index (χ0v) is 11.7. The Morgan fingerprint density at radius 2 is 1.86 bits per heavy atom. The van der Waals surface area contributed by atoms with Crippen LogP contribution >= 0.6 is 0 Å². The highest BCUT2D eigenvalue weighted by Gasteiger charge is 2.18. The quantitative estimate of drug-likeness (QED) is 0.925. The van der Waals surface area contributed by atoms with Crippen LogP contribution in [0.2, 0.25) is 0 Å². The highest BCUT2D eigenvalue weighted by molar-refractivity contribution is 5.91. The molecule has 0 spiro atoms. The van der Waals surface area contributed by atoms with E-state index in [0.29, 0.717) is 13.1 Å². The number of hydrogen-bond donors (Lipinski definition) is 1. The van der Waals surface area contributed by atoms with Gasteiger partial charge in [-0.05, 0) is 25.0 Å². The third kappa shape index (κ3) is 4.18. The lowest BCUT2D eigenvalue weighted by molar-refractivity contribution is -0.133. The molecule has 1 aromatic rings. The van der Waals surface area contributed by atoms with E-state index < -0.39 is 11.8 Å². The summed E-state index contributed by atoms with van der Waals surface area (Å²) in [5, 5.41) is 9.01. The van der Waals surface area contributed by atoms with Crippen LogP contribution in [0.1, 0.15) is 36.0 Å². The van der Waals surface area contributed by atoms with E-state index in [1.54, 1.807) is 4.90 Å². The SMILES string of the molecule is O=C(O)c1ccc(F)cc1OCC(=O)N1CCCCCC1. The van der Waals surface area contributed by atoms with Crippen molar-refractivity contribution in [3.8, 4) is 5.75 Å². The fourth-order valence-corrected chi connectivity index (χ4v) is 2.34. The number of nitrogens with zero attached hydrogens (tertiary/aromatic N) is 1. The fraction of sp³-hybridized carbons (Fsp3) is 0.467. The van der Waals surface area contributed by atoms with Gasteiger partial charge in [0.05, 0.1) is 0 Å². The second-order valence-electron chi connectivity index (χ2n) is 5.03. The smallest absolute Gasteiger partial charge is 0.339 e. The summed E-state index contributed by atoms with van der Waals surface area (Å²) in [5.74, 6) is -2.13. The molecule has 1 aliphatic rings. The van der Waals surface area contributed by atoms with Crippen molar-refractivity contribution >= 4 is 11.9 Å². The highest BCUT2D eigenvalue weighted by Crippen LogP contribution is 2.20. The van der Waals surface area contributed by atoms with Gasteiger partial charge in [0.15, 0.2) is 6.61 Å². The zero-order valence-electron chi connectivity index (χ0n) is 11.7. The van der Waals surface area contributed by atoms with Crippen molar-refractivity contribution in [3.05, 3.63) is 29.6 Å². The van der Waals surface area contributed by atoms with Crippen molar-refractivity contribution in [2.75, 3.05) is 19.7 Å². The Morgan fingerprint density at radius 3 is 2.48 bits per heavy atom. The van der Waals surface area contributed by atoms with Gasteiger partial charge >= 0.3 is 5.97 Å². The highest BCUT2D eigenvalue weighted by atomic mass is 19.1. The van der Waals surface area contributed by atoms with Crippen molar-refractivity contribution in [3.63, 3.8) is 0 Å². The molecule has 1 aromatic carbocycles. The molecule has 114 valence electrons. The molecule has 0 aliphatic carbocycles. The summed E-state index contributed by atoms with van der Waals surface area (Å²) in [4.78, 5) is 24.8. The van der Waals surface area contributed by atoms with Gasteiger partial charge in [-0.15, -0.1) is 0 Å². The molecule has 1 saturated heterocycles. The topological polar surface area (TPSA) is 66.8 Å². The number of halogens is 1. The predicted molar refractivity (Wildman–Crippen MR) is 73.9 cm³/mol. The molecule has 1 amide bonds. The van der Waals surface area contributed by atoms with E-state index in [0.717, 1.165) is 43.9 Å². The minimum atomic E-state index is -1.22. The third-order valence-electron chi connectivity index (χ3n) is 3.48. The van der Waals surface area contributed by atoms with Gasteiger partial charge in [-0.2, -0.15) is 0 Å². The minimum Gasteiger partial charge on any atom is -0.483 e. The monoisotopic (exact) mass is 295 g/mol. The maximum absolute atomic E-state index is 13.2. The molecule has 0 aromatic heterocycles. The molecule has 0 unspecified atom stereocenters. The van der Waals surface area contributed by atoms with Gasteiger partial charge < -0.3 is 14.7 Å². The standard InChI is InChI=1S/C15H18FNO4/c16-11-5-6-12(15(19)20)13(9-11)21-10-14(18)17-7-3-1-2-4-8-17/h5-6,9H,1-4,7-8,10H2,(H,19,20). The van der Waals surface area contributed by atoms with Crippen molar-refractivity contribution in [1.82, 2.24) is 4.90 Å². The van der Waals surface area contributed by atoms with Crippen LogP contribution in [0.5, 0.6) is 5.75 Å². The molecule has 5 nitrogen and oxygen atoms in total. The second kappa shape index (κ2) is 7.06. The number of likely N-dealkylation sites (tertiary alicyclic amines) is 1. The van der Waals surface area contributed by atoms with Gasteiger partial charge in [0.25, 0.3) is 5.91 Å². The van der Waals surface area contributed by atoms with E-state index in [1.165, 1.54) is 0 Å². The van der Waals surface area contributed by atoms with Crippen molar-refractivity contribution in [2.45, 2.75) is 25.7 Å². The van der Waals surface area contributed by atoms with E-state index in [1.807, 2.05) is 0 Å². The van der Waals surface area contributed by atoms with Gasteiger partial charge in [-0.3, -0.25) is 4.79 Å². The first-order valence-corrected chi connectivity index (χ1v) is 7.01. The Balaban J connectivity index is 2.00. The summed E-state index contributed by atoms with van der Waals surface area (Å²) in [7, 11) is 0. The number of carboxylic acid groups (broad SMARTS) is 1. The first kappa shape index (κ1) is 15.3. The van der Waals surface area contributed by atoms with E-state index in [4.69, 9.17) is 9.84 Å². The van der Waals surface area contributed by atoms with Crippen molar-refractivity contribution < 1.29 is 23.8 Å². The molecule has 6 heteroatoms. The molecule has 2 rings (SSSR count). The maximum Gasteiger partial charge on any atom is 0.339 e. The van der Waals surface area contributed by atoms with Crippen LogP contribution in [0, 0.1) is 5.82 Å². The number of ether oxygens (including phenoxy) is 1. The number of benzene rings is 1. The average molecular weight is 295 g/mol. The van der Waals surface area contributed by atoms with Gasteiger partial charge in [0, 0.05) is 19.2 Å². The number of carbonyl (C=O) groups excluding carboxylic acids is 1. The number of hydrogen-bond acceptors (Lipinski definition) is 3. The Bertz CT molecular complexity index is 524. The minimum absolute atomic E-state index is 0.120. The normalized spacial score (nSPS) is 15.4. The molecule has 0 radical (unpaired) electrons. The van der Waals surface area contributed by atoms with Gasteiger partial charge in [0.2, 0.25) is 0 Å². The summed E-state index contributed by atoms with van der Waals surface area (Å²) < 4.78 is 18.4. The summed E-state index contributed by atoms with van der Waals surface area (Å²) in [6, 6.07) is 3.16. The van der Waals surface area contributed by atoms with Gasteiger partial charge in [-0.25, -0.2) is 9.18 Å². The molecule has 0 atom stereocenters. The molecule has 1 fully saturated rings. The summed E-state index contributed by atoms with van der Waals surface area (Å²) in [5.41, 5.74) is -0.153. The molecule has 0 bridgehead atoms. The lowest BCUT2D eigenvalue weighted by atomic mass is 10.2. The molecular weight excluding hydrogens is 277 g/mol. The summed E-state index contributed by atoms with van der Waals surface area (Å²) in [6.45, 7) is 1.11. The fourth-order valence-electron chi connectivity index (χ4n) is 2.34. The average Bonchev–Trinajstić information content (AvgIpc) is 2.73. The molecular formula is C15H18FNO4. The Morgan fingerprint density at radius 1 is 1.19 bits per heavy atom. The van der Waals surface area contributed by atoms with E-state index in [2.05, 4.69) is 0 Å². The first-order valence-electron chi connectivity index (χ1n) is 7.01. The van der Waals surface area contributed by atoms with Crippen LogP contribution in [0.25, 0.3) is 0 Å². The maximum atomic E-state index is 13.2. The van der Waals surface area contributed by atoms with Crippen molar-refractivity contribution in [2.24, 2.45) is 0 Å². The second-order valence-corrected chi connectivity index (χ2v) is 5.03. The summed E-state index contributed by atoms with van der Waals surface area (Å²) in [6.07, 6.45) is 4.15. The molecule has 1 heterocycles. The molecule has 1 aliphatic heterocycles. The van der Waals surface area contributed by atoms with Crippen LogP contribution in [-0.4, -0.2) is 41.6 Å². The van der Waals surface area contributed by atoms with E-state index >= 15 is 0 Å². The molecule has 1 N–H and O–H groups in total. The van der Waals surface area contributed by atoms with Crippen LogP contribution in [0.3, 0.4) is 0 Å². The third-order valence-corrected chi connectivity index (χ3v) is 3.48. The van der Waals surface area contributed by atoms with Gasteiger partial charge in [0.1, 0.15) is 17.1 Å². The van der Waals surface area contributed by atoms with Crippen LogP contribution in [-0.2, 0) is 4.79 Å². The van der Waals surface area contributed by atoms with Crippen molar-refractivity contribution in [1.29, 1.82) is 0 Å². The van der Waals surface area contributed by atoms with E-state index in [-0.39, 0.29) is 23.8 Å². The molecule has 0 saturated carbocycles. The first-order chi connectivity index (χ1) is 10.1.